The highest BCUT2D eigenvalue weighted by atomic mass is 79.9. The van der Waals surface area contributed by atoms with Crippen LogP contribution < -0.4 is 4.74 Å². The van der Waals surface area contributed by atoms with Gasteiger partial charge in [-0.2, -0.15) is 0 Å². The molecular formula is C25H22Br2N2O. The van der Waals surface area contributed by atoms with E-state index >= 15 is 0 Å². The largest absolute Gasteiger partial charge is 0.494 e. The Morgan fingerprint density at radius 2 is 1.23 bits per heavy atom. The third-order valence-electron chi connectivity index (χ3n) is 4.94. The standard InChI is InChI=1S/C25H22Br2N2O/c1-3-4-15-30-19-11-9-18(10-12-19)23-22(17-7-5-16(2)6-8-17)28-24-20(26)13-14-21(27)25(24)29-23/h5-14H,3-4,15H2,1-2H3. The van der Waals surface area contributed by atoms with Crippen LogP contribution in [0.25, 0.3) is 33.5 Å². The number of rotatable bonds is 6. The minimum Gasteiger partial charge on any atom is -0.494 e. The van der Waals surface area contributed by atoms with E-state index < -0.39 is 0 Å². The van der Waals surface area contributed by atoms with Gasteiger partial charge in [0.15, 0.2) is 0 Å². The van der Waals surface area contributed by atoms with Gasteiger partial charge in [-0.15, -0.1) is 0 Å². The van der Waals surface area contributed by atoms with Crippen molar-refractivity contribution in [3.8, 4) is 28.3 Å². The lowest BCUT2D eigenvalue weighted by atomic mass is 10.0. The Morgan fingerprint density at radius 1 is 0.733 bits per heavy atom. The topological polar surface area (TPSA) is 35.0 Å². The van der Waals surface area contributed by atoms with Crippen molar-refractivity contribution in [2.75, 3.05) is 6.61 Å². The van der Waals surface area contributed by atoms with E-state index in [0.29, 0.717) is 0 Å². The van der Waals surface area contributed by atoms with Crippen molar-refractivity contribution < 1.29 is 4.74 Å². The summed E-state index contributed by atoms with van der Waals surface area (Å²) in [6.45, 7) is 4.98. The second kappa shape index (κ2) is 9.27. The molecule has 0 aliphatic heterocycles. The Balaban J connectivity index is 1.85. The predicted molar refractivity (Wildman–Crippen MR) is 131 cm³/mol. The highest BCUT2D eigenvalue weighted by molar-refractivity contribution is 9.11. The molecule has 152 valence electrons. The first kappa shape index (κ1) is 21.0. The average Bonchev–Trinajstić information content (AvgIpc) is 2.77. The highest BCUT2D eigenvalue weighted by Gasteiger charge is 2.16. The molecule has 0 amide bonds. The summed E-state index contributed by atoms with van der Waals surface area (Å²) in [5, 5.41) is 0. The van der Waals surface area contributed by atoms with Gasteiger partial charge < -0.3 is 4.74 Å². The van der Waals surface area contributed by atoms with Gasteiger partial charge in [-0.25, -0.2) is 9.97 Å². The predicted octanol–water partition coefficient (Wildman–Crippen LogP) is 7.98. The summed E-state index contributed by atoms with van der Waals surface area (Å²) in [6, 6.07) is 20.5. The third-order valence-corrected chi connectivity index (χ3v) is 6.22. The molecule has 0 bridgehead atoms. The zero-order valence-corrected chi connectivity index (χ0v) is 20.1. The molecule has 0 saturated heterocycles. The van der Waals surface area contributed by atoms with Crippen molar-refractivity contribution in [2.45, 2.75) is 26.7 Å². The Labute approximate surface area is 193 Å². The number of hydrogen-bond acceptors (Lipinski definition) is 3. The molecule has 4 rings (SSSR count). The van der Waals surface area contributed by atoms with Gasteiger partial charge in [0, 0.05) is 20.1 Å². The number of nitrogens with zero attached hydrogens (tertiary/aromatic N) is 2. The molecule has 0 fully saturated rings. The van der Waals surface area contributed by atoms with Gasteiger partial charge in [0.1, 0.15) is 16.8 Å². The van der Waals surface area contributed by atoms with Crippen molar-refractivity contribution >= 4 is 42.9 Å². The summed E-state index contributed by atoms with van der Waals surface area (Å²) in [7, 11) is 0. The second-order valence-corrected chi connectivity index (χ2v) is 8.95. The van der Waals surface area contributed by atoms with Gasteiger partial charge >= 0.3 is 0 Å². The van der Waals surface area contributed by atoms with Crippen LogP contribution in [0, 0.1) is 6.92 Å². The Morgan fingerprint density at radius 3 is 1.73 bits per heavy atom. The van der Waals surface area contributed by atoms with Crippen LogP contribution in [0.2, 0.25) is 0 Å². The molecule has 0 unspecified atom stereocenters. The lowest BCUT2D eigenvalue weighted by molar-refractivity contribution is 0.309. The van der Waals surface area contributed by atoms with Crippen molar-refractivity contribution in [1.29, 1.82) is 0 Å². The zero-order chi connectivity index (χ0) is 21.1. The van der Waals surface area contributed by atoms with Gasteiger partial charge in [-0.05, 0) is 81.6 Å². The van der Waals surface area contributed by atoms with E-state index in [-0.39, 0.29) is 0 Å². The van der Waals surface area contributed by atoms with Crippen molar-refractivity contribution in [1.82, 2.24) is 9.97 Å². The van der Waals surface area contributed by atoms with Crippen LogP contribution in [-0.2, 0) is 0 Å². The van der Waals surface area contributed by atoms with Crippen LogP contribution >= 0.6 is 31.9 Å². The molecular weight excluding hydrogens is 504 g/mol. The number of aromatic nitrogens is 2. The minimum absolute atomic E-state index is 0.737. The summed E-state index contributed by atoms with van der Waals surface area (Å²) in [5.74, 6) is 0.877. The average molecular weight is 526 g/mol. The first-order valence-corrected chi connectivity index (χ1v) is 11.6. The first-order valence-electron chi connectivity index (χ1n) is 10.0. The lowest BCUT2D eigenvalue weighted by Crippen LogP contribution is -1.98. The fourth-order valence-electron chi connectivity index (χ4n) is 3.23. The van der Waals surface area contributed by atoms with Crippen molar-refractivity contribution in [2.24, 2.45) is 0 Å². The van der Waals surface area contributed by atoms with Gasteiger partial charge in [0.05, 0.1) is 18.0 Å². The van der Waals surface area contributed by atoms with E-state index in [1.807, 2.05) is 24.3 Å². The second-order valence-electron chi connectivity index (χ2n) is 7.24. The molecule has 0 spiro atoms. The molecule has 30 heavy (non-hydrogen) atoms. The summed E-state index contributed by atoms with van der Waals surface area (Å²) >= 11 is 7.26. The van der Waals surface area contributed by atoms with Crippen molar-refractivity contribution in [3.05, 3.63) is 75.2 Å². The molecule has 0 atom stereocenters. The number of benzene rings is 3. The first-order chi connectivity index (χ1) is 14.6. The van der Waals surface area contributed by atoms with Crippen LogP contribution in [0.3, 0.4) is 0 Å². The number of fused-ring (bicyclic) bond motifs is 1. The van der Waals surface area contributed by atoms with Gasteiger partial charge in [-0.3, -0.25) is 0 Å². The molecule has 1 aromatic heterocycles. The SMILES string of the molecule is CCCCOc1ccc(-c2nc3c(Br)ccc(Br)c3nc2-c2ccc(C)cc2)cc1. The lowest BCUT2D eigenvalue weighted by Gasteiger charge is -2.13. The maximum Gasteiger partial charge on any atom is 0.119 e. The molecule has 0 saturated carbocycles. The molecule has 1 heterocycles. The fourth-order valence-corrected chi connectivity index (χ4v) is 4.05. The molecule has 0 aliphatic rings. The molecule has 0 N–H and O–H groups in total. The normalized spacial score (nSPS) is 11.1. The summed E-state index contributed by atoms with van der Waals surface area (Å²) in [5.41, 5.74) is 6.65. The van der Waals surface area contributed by atoms with E-state index in [1.54, 1.807) is 0 Å². The Kier molecular flexibility index (Phi) is 6.49. The molecule has 5 heteroatoms. The third kappa shape index (κ3) is 4.42. The summed E-state index contributed by atoms with van der Waals surface area (Å²) in [6.07, 6.45) is 2.17. The minimum atomic E-state index is 0.737. The molecule has 3 nitrogen and oxygen atoms in total. The molecule has 4 aromatic rings. The maximum absolute atomic E-state index is 5.82. The summed E-state index contributed by atoms with van der Waals surface area (Å²) in [4.78, 5) is 10.1. The maximum atomic E-state index is 5.82. The van der Waals surface area contributed by atoms with E-state index in [9.17, 15) is 0 Å². The van der Waals surface area contributed by atoms with Gasteiger partial charge in [0.25, 0.3) is 0 Å². The number of halogens is 2. The Bertz CT molecular complexity index is 1170. The highest BCUT2D eigenvalue weighted by Crippen LogP contribution is 2.36. The van der Waals surface area contributed by atoms with E-state index in [0.717, 1.165) is 67.7 Å². The number of hydrogen-bond donors (Lipinski definition) is 0. The monoisotopic (exact) mass is 524 g/mol. The molecule has 0 aliphatic carbocycles. The molecule has 0 radical (unpaired) electrons. The van der Waals surface area contributed by atoms with Crippen LogP contribution in [0.4, 0.5) is 0 Å². The van der Waals surface area contributed by atoms with E-state index in [2.05, 4.69) is 82.1 Å². The summed E-state index contributed by atoms with van der Waals surface area (Å²) < 4.78 is 7.67. The van der Waals surface area contributed by atoms with Crippen LogP contribution in [-0.4, -0.2) is 16.6 Å². The number of aryl methyl sites for hydroxylation is 1. The van der Waals surface area contributed by atoms with Gasteiger partial charge in [-0.1, -0.05) is 43.2 Å². The number of ether oxygens (including phenoxy) is 1. The van der Waals surface area contributed by atoms with E-state index in [1.165, 1.54) is 5.56 Å². The van der Waals surface area contributed by atoms with E-state index in [4.69, 9.17) is 14.7 Å². The fraction of sp³-hybridized carbons (Fsp3) is 0.200. The Hall–Kier alpha value is -2.24. The zero-order valence-electron chi connectivity index (χ0n) is 17.0. The van der Waals surface area contributed by atoms with Crippen molar-refractivity contribution in [3.63, 3.8) is 0 Å². The quantitative estimate of drug-likeness (QED) is 0.239. The molecule has 3 aromatic carbocycles. The number of unbranched alkanes of at least 4 members (excludes halogenated alkanes) is 1. The van der Waals surface area contributed by atoms with Crippen LogP contribution in [0.1, 0.15) is 25.3 Å². The van der Waals surface area contributed by atoms with Gasteiger partial charge in [0.2, 0.25) is 0 Å². The smallest absolute Gasteiger partial charge is 0.119 e. The van der Waals surface area contributed by atoms with Crippen LogP contribution in [0.15, 0.2) is 69.6 Å². The van der Waals surface area contributed by atoms with Crippen LogP contribution in [0.5, 0.6) is 5.75 Å².